The molecule has 1 N–H and O–H groups in total. The van der Waals surface area contributed by atoms with Crippen molar-refractivity contribution in [3.8, 4) is 22.9 Å². The first kappa shape index (κ1) is 17.6. The van der Waals surface area contributed by atoms with Crippen LogP contribution in [0, 0.1) is 0 Å². The fourth-order valence-electron chi connectivity index (χ4n) is 3.01. The lowest BCUT2D eigenvalue weighted by atomic mass is 10.2. The van der Waals surface area contributed by atoms with E-state index >= 15 is 0 Å². The Kier molecular flexibility index (Phi) is 4.14. The van der Waals surface area contributed by atoms with Crippen molar-refractivity contribution in [2.24, 2.45) is 0 Å². The van der Waals surface area contributed by atoms with E-state index in [4.69, 9.17) is 14.0 Å². The van der Waals surface area contributed by atoms with E-state index in [0.29, 0.717) is 28.4 Å². The molecule has 146 valence electrons. The average Bonchev–Trinajstić information content (AvgIpc) is 3.40. The maximum absolute atomic E-state index is 12.8. The van der Waals surface area contributed by atoms with Crippen LogP contribution < -0.4 is 14.2 Å². The summed E-state index contributed by atoms with van der Waals surface area (Å²) in [5.41, 5.74) is 1.07. The first-order valence-electron chi connectivity index (χ1n) is 8.66. The normalized spacial score (nSPS) is 13.1. The monoisotopic (exact) mass is 410 g/mol. The zero-order valence-electron chi connectivity index (χ0n) is 14.9. The summed E-state index contributed by atoms with van der Waals surface area (Å²) in [5, 5.41) is 4.64. The number of nitrogens with zero attached hydrogens (tertiary/aromatic N) is 3. The number of hydrogen-bond donors (Lipinski definition) is 1. The van der Waals surface area contributed by atoms with Gasteiger partial charge in [0.05, 0.1) is 12.1 Å². The molecular formula is C19H14N4O5S. The van der Waals surface area contributed by atoms with E-state index in [1.807, 2.05) is 0 Å². The number of aromatic nitrogens is 3. The number of nitrogens with one attached hydrogen (secondary N) is 1. The van der Waals surface area contributed by atoms with Crippen LogP contribution in [0.2, 0.25) is 0 Å². The molecule has 0 radical (unpaired) electrons. The number of fused-ring (bicyclic) bond motifs is 2. The molecule has 0 amide bonds. The fraction of sp³-hybridized carbons (Fsp3) is 0.105. The van der Waals surface area contributed by atoms with Gasteiger partial charge in [-0.05, 0) is 30.3 Å². The van der Waals surface area contributed by atoms with Crippen molar-refractivity contribution >= 4 is 20.9 Å². The standard InChI is InChI=1S/C19H14N4O5S/c24-29(25,16-5-1-3-12-4-2-8-20-18(12)16)21-10-17-22-19(23-28-17)13-6-7-14-15(9-13)27-11-26-14/h1-9,21H,10-11H2. The van der Waals surface area contributed by atoms with Gasteiger partial charge in [-0.15, -0.1) is 0 Å². The molecule has 0 spiro atoms. The second-order valence-corrected chi connectivity index (χ2v) is 7.97. The van der Waals surface area contributed by atoms with Crippen LogP contribution in [0.3, 0.4) is 0 Å². The smallest absolute Gasteiger partial charge is 0.243 e. The molecule has 4 aromatic rings. The summed E-state index contributed by atoms with van der Waals surface area (Å²) < 4.78 is 43.8. The Morgan fingerprint density at radius 2 is 1.90 bits per heavy atom. The molecule has 9 nitrogen and oxygen atoms in total. The van der Waals surface area contributed by atoms with Gasteiger partial charge in [0.15, 0.2) is 11.5 Å². The van der Waals surface area contributed by atoms with E-state index in [1.54, 1.807) is 48.7 Å². The molecule has 3 heterocycles. The van der Waals surface area contributed by atoms with E-state index in [-0.39, 0.29) is 24.1 Å². The van der Waals surface area contributed by atoms with Crippen LogP contribution in [-0.2, 0) is 16.6 Å². The molecule has 0 saturated heterocycles. The molecule has 1 aliphatic rings. The minimum absolute atomic E-state index is 0.0890. The number of hydrogen-bond acceptors (Lipinski definition) is 8. The third-order valence-corrected chi connectivity index (χ3v) is 5.83. The Hall–Kier alpha value is -3.50. The van der Waals surface area contributed by atoms with E-state index in [0.717, 1.165) is 5.39 Å². The van der Waals surface area contributed by atoms with Crippen LogP contribution >= 0.6 is 0 Å². The number of pyridine rings is 1. The molecule has 0 aliphatic carbocycles. The fourth-order valence-corrected chi connectivity index (χ4v) is 4.16. The highest BCUT2D eigenvalue weighted by atomic mass is 32.2. The van der Waals surface area contributed by atoms with Gasteiger partial charge in [-0.2, -0.15) is 4.98 Å². The maximum atomic E-state index is 12.8. The topological polar surface area (TPSA) is 116 Å². The van der Waals surface area contributed by atoms with Crippen LogP contribution in [0.15, 0.2) is 64.1 Å². The summed E-state index contributed by atoms with van der Waals surface area (Å²) in [5.74, 6) is 1.70. The second kappa shape index (κ2) is 6.83. The van der Waals surface area contributed by atoms with Gasteiger partial charge in [0, 0.05) is 17.1 Å². The third kappa shape index (κ3) is 3.28. The van der Waals surface area contributed by atoms with Gasteiger partial charge in [-0.25, -0.2) is 13.1 Å². The minimum atomic E-state index is -3.83. The molecule has 0 saturated carbocycles. The Morgan fingerprint density at radius 1 is 1.03 bits per heavy atom. The zero-order chi connectivity index (χ0) is 19.8. The molecule has 0 bridgehead atoms. The van der Waals surface area contributed by atoms with Crippen LogP contribution in [0.1, 0.15) is 5.89 Å². The molecular weight excluding hydrogens is 396 g/mol. The van der Waals surface area contributed by atoms with Crippen LogP contribution in [0.4, 0.5) is 0 Å². The molecule has 5 rings (SSSR count). The molecule has 0 fully saturated rings. The van der Waals surface area contributed by atoms with Crippen molar-refractivity contribution in [3.05, 3.63) is 60.6 Å². The molecule has 2 aromatic heterocycles. The highest BCUT2D eigenvalue weighted by molar-refractivity contribution is 7.89. The van der Waals surface area contributed by atoms with E-state index in [2.05, 4.69) is 19.8 Å². The van der Waals surface area contributed by atoms with Crippen molar-refractivity contribution in [1.29, 1.82) is 0 Å². The lowest BCUT2D eigenvalue weighted by Gasteiger charge is -2.07. The molecule has 1 aliphatic heterocycles. The van der Waals surface area contributed by atoms with Crippen molar-refractivity contribution in [1.82, 2.24) is 19.8 Å². The van der Waals surface area contributed by atoms with Crippen molar-refractivity contribution in [2.75, 3.05) is 6.79 Å². The lowest BCUT2D eigenvalue weighted by molar-refractivity contribution is 0.174. The summed E-state index contributed by atoms with van der Waals surface area (Å²) in [6.45, 7) is 0.0180. The Morgan fingerprint density at radius 3 is 2.83 bits per heavy atom. The number of ether oxygens (including phenoxy) is 2. The number of para-hydroxylation sites is 1. The molecule has 10 heteroatoms. The van der Waals surface area contributed by atoms with E-state index < -0.39 is 10.0 Å². The van der Waals surface area contributed by atoms with Crippen molar-refractivity contribution in [3.63, 3.8) is 0 Å². The Labute approximate surface area is 165 Å². The first-order valence-corrected chi connectivity index (χ1v) is 10.1. The van der Waals surface area contributed by atoms with Gasteiger partial charge < -0.3 is 14.0 Å². The van der Waals surface area contributed by atoms with Crippen molar-refractivity contribution < 1.29 is 22.4 Å². The summed E-state index contributed by atoms with van der Waals surface area (Å²) in [4.78, 5) is 8.52. The number of benzene rings is 2. The SMILES string of the molecule is O=S(=O)(NCc1nc(-c2ccc3c(c2)OCO3)no1)c1cccc2cccnc12. The maximum Gasteiger partial charge on any atom is 0.243 e. The van der Waals surface area contributed by atoms with Crippen molar-refractivity contribution in [2.45, 2.75) is 11.4 Å². The number of sulfonamides is 1. The van der Waals surface area contributed by atoms with Gasteiger partial charge in [-0.1, -0.05) is 23.4 Å². The van der Waals surface area contributed by atoms with Gasteiger partial charge in [0.1, 0.15) is 4.90 Å². The lowest BCUT2D eigenvalue weighted by Crippen LogP contribution is -2.23. The predicted molar refractivity (Wildman–Crippen MR) is 102 cm³/mol. The Balaban J connectivity index is 1.36. The summed E-state index contributed by atoms with van der Waals surface area (Å²) in [7, 11) is -3.83. The number of rotatable bonds is 5. The quantitative estimate of drug-likeness (QED) is 0.533. The molecule has 2 aromatic carbocycles. The van der Waals surface area contributed by atoms with Gasteiger partial charge in [-0.3, -0.25) is 4.98 Å². The molecule has 0 unspecified atom stereocenters. The summed E-state index contributed by atoms with van der Waals surface area (Å²) >= 11 is 0. The second-order valence-electron chi connectivity index (χ2n) is 6.24. The van der Waals surface area contributed by atoms with Gasteiger partial charge in [0.2, 0.25) is 28.5 Å². The first-order chi connectivity index (χ1) is 14.1. The van der Waals surface area contributed by atoms with Gasteiger partial charge >= 0.3 is 0 Å². The zero-order valence-corrected chi connectivity index (χ0v) is 15.7. The highest BCUT2D eigenvalue weighted by Gasteiger charge is 2.20. The third-order valence-electron chi connectivity index (χ3n) is 4.40. The Bertz CT molecular complexity index is 1310. The summed E-state index contributed by atoms with van der Waals surface area (Å²) in [6, 6.07) is 13.8. The highest BCUT2D eigenvalue weighted by Crippen LogP contribution is 2.35. The largest absolute Gasteiger partial charge is 0.454 e. The van der Waals surface area contributed by atoms with Crippen LogP contribution in [0.5, 0.6) is 11.5 Å². The van der Waals surface area contributed by atoms with E-state index in [9.17, 15) is 8.42 Å². The average molecular weight is 410 g/mol. The van der Waals surface area contributed by atoms with Crippen LogP contribution in [-0.4, -0.2) is 30.3 Å². The summed E-state index contributed by atoms with van der Waals surface area (Å²) in [6.07, 6.45) is 1.55. The van der Waals surface area contributed by atoms with Crippen LogP contribution in [0.25, 0.3) is 22.3 Å². The minimum Gasteiger partial charge on any atom is -0.454 e. The molecule has 29 heavy (non-hydrogen) atoms. The predicted octanol–water partition coefficient (Wildman–Crippen LogP) is 2.49. The van der Waals surface area contributed by atoms with E-state index in [1.165, 1.54) is 6.07 Å². The molecule has 0 atom stereocenters. The van der Waals surface area contributed by atoms with Gasteiger partial charge in [0.25, 0.3) is 0 Å².